The number of benzene rings is 2. The van der Waals surface area contributed by atoms with E-state index in [1.54, 1.807) is 44.2 Å². The zero-order valence-electron chi connectivity index (χ0n) is 21.2. The van der Waals surface area contributed by atoms with E-state index >= 15 is 0 Å². The van der Waals surface area contributed by atoms with Crippen molar-refractivity contribution in [3.05, 3.63) is 70.9 Å². The molecule has 2 saturated heterocycles. The minimum absolute atomic E-state index is 0.0881. The molecule has 2 aliphatic heterocycles. The first-order valence-electron chi connectivity index (χ1n) is 12.1. The zero-order chi connectivity index (χ0) is 26.4. The van der Waals surface area contributed by atoms with Gasteiger partial charge in [-0.1, -0.05) is 30.3 Å². The Hall–Kier alpha value is -3.33. The van der Waals surface area contributed by atoms with Crippen LogP contribution in [0.3, 0.4) is 0 Å². The summed E-state index contributed by atoms with van der Waals surface area (Å²) >= 11 is 1.60. The molecule has 0 N–H and O–H groups in total. The van der Waals surface area contributed by atoms with Gasteiger partial charge in [0.2, 0.25) is 5.78 Å². The van der Waals surface area contributed by atoms with E-state index in [4.69, 9.17) is 14.2 Å². The Morgan fingerprint density at radius 3 is 2.27 bits per heavy atom. The van der Waals surface area contributed by atoms with Crippen molar-refractivity contribution in [1.29, 1.82) is 0 Å². The summed E-state index contributed by atoms with van der Waals surface area (Å²) in [5.41, 5.74) is 2.10. The number of ketones is 2. The molecule has 7 nitrogen and oxygen atoms in total. The number of rotatable bonds is 6. The molecular weight excluding hydrogens is 490 g/mol. The van der Waals surface area contributed by atoms with Crippen LogP contribution in [0.25, 0.3) is 11.1 Å². The van der Waals surface area contributed by atoms with Crippen molar-refractivity contribution < 1.29 is 28.6 Å². The monoisotopic (exact) mass is 519 g/mol. The van der Waals surface area contributed by atoms with Gasteiger partial charge in [-0.3, -0.25) is 19.3 Å². The molecule has 37 heavy (non-hydrogen) atoms. The Morgan fingerprint density at radius 1 is 0.973 bits per heavy atom. The second-order valence-electron chi connectivity index (χ2n) is 10.2. The lowest BCUT2D eigenvalue weighted by molar-refractivity contribution is -0.277. The topological polar surface area (TPSA) is 82.1 Å². The van der Waals surface area contributed by atoms with Crippen molar-refractivity contribution in [3.8, 4) is 16.9 Å². The maximum atomic E-state index is 14.1. The van der Waals surface area contributed by atoms with E-state index in [0.717, 1.165) is 11.1 Å². The van der Waals surface area contributed by atoms with Crippen molar-refractivity contribution in [3.63, 3.8) is 0 Å². The van der Waals surface area contributed by atoms with Gasteiger partial charge in [0.15, 0.2) is 11.6 Å². The largest absolute Gasteiger partial charge is 0.496 e. The molecule has 8 heteroatoms. The molecule has 192 valence electrons. The first-order valence-corrected chi connectivity index (χ1v) is 13.0. The average Bonchev–Trinajstić information content (AvgIpc) is 3.53. The number of carbonyl (C=O) groups is 3. The highest BCUT2D eigenvalue weighted by atomic mass is 32.1. The maximum Gasteiger partial charge on any atom is 0.295 e. The molecule has 2 fully saturated rings. The van der Waals surface area contributed by atoms with Gasteiger partial charge in [0.1, 0.15) is 11.7 Å². The quantitative estimate of drug-likeness (QED) is 0.335. The number of carbonyl (C=O) groups excluding carboxylic acids is 3. The number of ether oxygens (including phenoxy) is 3. The Kier molecular flexibility index (Phi) is 6.52. The summed E-state index contributed by atoms with van der Waals surface area (Å²) in [7, 11) is 1.53. The van der Waals surface area contributed by atoms with Crippen LogP contribution in [-0.2, 0) is 23.9 Å². The molecule has 0 bridgehead atoms. The van der Waals surface area contributed by atoms with Gasteiger partial charge in [0, 0.05) is 11.3 Å². The summed E-state index contributed by atoms with van der Waals surface area (Å²) in [6.07, 6.45) is 0. The molecule has 2 aromatic carbocycles. The van der Waals surface area contributed by atoms with Gasteiger partial charge in [-0.25, -0.2) is 0 Å². The number of nitrogens with zero attached hydrogens (tertiary/aromatic N) is 1. The molecule has 1 aromatic heterocycles. The fourth-order valence-corrected chi connectivity index (χ4v) is 5.62. The molecule has 1 amide bonds. The Balaban J connectivity index is 1.58. The Labute approximate surface area is 220 Å². The van der Waals surface area contributed by atoms with E-state index in [0.29, 0.717) is 17.0 Å². The lowest BCUT2D eigenvalue weighted by Crippen LogP contribution is -2.52. The highest BCUT2D eigenvalue weighted by Crippen LogP contribution is 2.46. The van der Waals surface area contributed by atoms with Crippen molar-refractivity contribution in [2.24, 2.45) is 11.3 Å². The first kappa shape index (κ1) is 25.3. The van der Waals surface area contributed by atoms with E-state index in [9.17, 15) is 14.4 Å². The molecular formula is C29H29NO6S. The third kappa shape index (κ3) is 4.50. The number of hydrogen-bond acceptors (Lipinski definition) is 7. The van der Waals surface area contributed by atoms with Crippen LogP contribution in [0.2, 0.25) is 0 Å². The maximum absolute atomic E-state index is 14.1. The Morgan fingerprint density at radius 2 is 1.65 bits per heavy atom. The highest BCUT2D eigenvalue weighted by molar-refractivity contribution is 7.08. The molecule has 5 rings (SSSR count). The van der Waals surface area contributed by atoms with Gasteiger partial charge >= 0.3 is 0 Å². The van der Waals surface area contributed by atoms with Crippen molar-refractivity contribution in [2.75, 3.05) is 25.2 Å². The van der Waals surface area contributed by atoms with Gasteiger partial charge in [0.25, 0.3) is 5.91 Å². The molecule has 3 heterocycles. The summed E-state index contributed by atoms with van der Waals surface area (Å²) in [5.74, 6) is -3.41. The lowest BCUT2D eigenvalue weighted by atomic mass is 9.75. The third-order valence-electron chi connectivity index (χ3n) is 7.12. The number of Topliss-reactive ketones (excluding diaryl/α,β-unsaturated/α-hetero) is 2. The van der Waals surface area contributed by atoms with Crippen LogP contribution in [0.1, 0.15) is 32.4 Å². The van der Waals surface area contributed by atoms with Crippen molar-refractivity contribution >= 4 is 34.5 Å². The molecule has 0 aliphatic carbocycles. The molecule has 3 aromatic rings. The van der Waals surface area contributed by atoms with Gasteiger partial charge in [-0.05, 0) is 66.9 Å². The van der Waals surface area contributed by atoms with Crippen LogP contribution >= 0.6 is 11.3 Å². The predicted molar refractivity (Wildman–Crippen MR) is 141 cm³/mol. The predicted octanol–water partition coefficient (Wildman–Crippen LogP) is 5.06. The van der Waals surface area contributed by atoms with Crippen LogP contribution in [0.15, 0.2) is 65.4 Å². The zero-order valence-corrected chi connectivity index (χ0v) is 22.0. The third-order valence-corrected chi connectivity index (χ3v) is 7.80. The van der Waals surface area contributed by atoms with E-state index < -0.39 is 34.9 Å². The second-order valence-corrected chi connectivity index (χ2v) is 10.9. The number of amides is 1. The lowest BCUT2D eigenvalue weighted by Gasteiger charge is -2.41. The molecule has 0 spiro atoms. The molecule has 2 atom stereocenters. The van der Waals surface area contributed by atoms with E-state index in [2.05, 4.69) is 0 Å². The summed E-state index contributed by atoms with van der Waals surface area (Å²) in [6.45, 7) is 5.45. The minimum atomic E-state index is -1.24. The fourth-order valence-electron chi connectivity index (χ4n) is 4.95. The first-order chi connectivity index (χ1) is 17.6. The van der Waals surface area contributed by atoms with Crippen LogP contribution in [0, 0.1) is 11.3 Å². The number of anilines is 1. The summed E-state index contributed by atoms with van der Waals surface area (Å²) in [5, 5.41) is 4.04. The standard InChI is InChI=1S/C29H29NO6S/c1-28(2)35-16-29(3,17-36-28)26(32)23-24(21-7-5-6-8-22(21)34-4)30(27(33)25(23)31)20-11-9-18(10-12-20)19-13-14-37-15-19/h5-15,23-24H,16-17H2,1-4H3. The Bertz CT molecular complexity index is 1320. The average molecular weight is 520 g/mol. The summed E-state index contributed by atoms with van der Waals surface area (Å²) in [4.78, 5) is 42.6. The summed E-state index contributed by atoms with van der Waals surface area (Å²) < 4.78 is 17.2. The van der Waals surface area contributed by atoms with Gasteiger partial charge in [-0.2, -0.15) is 11.3 Å². The van der Waals surface area contributed by atoms with Gasteiger partial charge in [0.05, 0.1) is 31.8 Å². The van der Waals surface area contributed by atoms with Gasteiger partial charge < -0.3 is 14.2 Å². The number of para-hydroxylation sites is 1. The number of thiophene rings is 1. The number of methoxy groups -OCH3 is 1. The van der Waals surface area contributed by atoms with Crippen LogP contribution in [0.5, 0.6) is 5.75 Å². The second kappa shape index (κ2) is 9.52. The smallest absolute Gasteiger partial charge is 0.295 e. The van der Waals surface area contributed by atoms with Crippen molar-refractivity contribution in [1.82, 2.24) is 0 Å². The number of hydrogen-bond donors (Lipinski definition) is 0. The van der Waals surface area contributed by atoms with E-state index in [1.165, 1.54) is 12.0 Å². The summed E-state index contributed by atoms with van der Waals surface area (Å²) in [6, 6.07) is 15.8. The SMILES string of the molecule is COc1ccccc1C1C(C(=O)C2(C)COC(C)(C)OC2)C(=O)C(=O)N1c1ccc(-c2ccsc2)cc1. The molecule has 2 aliphatic rings. The highest BCUT2D eigenvalue weighted by Gasteiger charge is 2.57. The normalized spacial score (nSPS) is 22.8. The van der Waals surface area contributed by atoms with Crippen LogP contribution < -0.4 is 9.64 Å². The van der Waals surface area contributed by atoms with Gasteiger partial charge in [-0.15, -0.1) is 0 Å². The van der Waals surface area contributed by atoms with E-state index in [-0.39, 0.29) is 19.0 Å². The molecule has 0 saturated carbocycles. The van der Waals surface area contributed by atoms with Crippen molar-refractivity contribution in [2.45, 2.75) is 32.6 Å². The minimum Gasteiger partial charge on any atom is -0.496 e. The fraction of sp³-hybridized carbons (Fsp3) is 0.345. The van der Waals surface area contributed by atoms with Crippen LogP contribution in [-0.4, -0.2) is 43.6 Å². The molecule has 2 unspecified atom stereocenters. The molecule has 0 radical (unpaired) electrons. The van der Waals surface area contributed by atoms with Crippen LogP contribution in [0.4, 0.5) is 5.69 Å². The van der Waals surface area contributed by atoms with E-state index in [1.807, 2.05) is 53.2 Å².